The Morgan fingerprint density at radius 3 is 2.68 bits per heavy atom. The zero-order valence-electron chi connectivity index (χ0n) is 14.3. The minimum absolute atomic E-state index is 0.200. The van der Waals surface area contributed by atoms with Gasteiger partial charge in [-0.1, -0.05) is 24.4 Å². The molecule has 0 bridgehead atoms. The lowest BCUT2D eigenvalue weighted by Gasteiger charge is -2.29. The molecule has 0 atom stereocenters. The first-order valence-corrected chi connectivity index (χ1v) is 8.65. The molecule has 1 aromatic rings. The van der Waals surface area contributed by atoms with Gasteiger partial charge in [0.15, 0.2) is 0 Å². The third kappa shape index (κ3) is 3.04. The molecule has 2 aliphatic rings. The number of carbonyl (C=O) groups excluding carboxylic acids is 1. The van der Waals surface area contributed by atoms with Crippen LogP contribution in [-0.2, 0) is 5.66 Å². The van der Waals surface area contributed by atoms with Gasteiger partial charge in [0.25, 0.3) is 11.5 Å². The first kappa shape index (κ1) is 17.5. The first-order chi connectivity index (χ1) is 11.8. The summed E-state index contributed by atoms with van der Waals surface area (Å²) >= 11 is 6.31. The van der Waals surface area contributed by atoms with Crippen LogP contribution in [0.25, 0.3) is 0 Å². The number of hydrogen-bond acceptors (Lipinski definition) is 4. The lowest BCUT2D eigenvalue weighted by Crippen LogP contribution is -2.43. The standard InChI is InChI=1S/C17H22ClN5O2/c1-16(2)22-14(24)13-11(18)9-12(15(25)23(13)16)21-17(5-3-4-6-17)7-8-20-10-19/h7-10,21H,3-6H2,1-2H3,(H2,19,20)(H,22,24)/b8-7-. The summed E-state index contributed by atoms with van der Waals surface area (Å²) in [7, 11) is 0. The molecular formula is C17H22ClN5O2. The maximum Gasteiger partial charge on any atom is 0.276 e. The number of fused-ring (bicyclic) bond motifs is 1. The second-order valence-corrected chi connectivity index (χ2v) is 7.42. The van der Waals surface area contributed by atoms with E-state index in [-0.39, 0.29) is 27.7 Å². The van der Waals surface area contributed by atoms with Gasteiger partial charge in [0.2, 0.25) is 0 Å². The van der Waals surface area contributed by atoms with E-state index in [1.165, 1.54) is 17.0 Å². The smallest absolute Gasteiger partial charge is 0.276 e. The average Bonchev–Trinajstić information content (AvgIpc) is 3.07. The Morgan fingerprint density at radius 2 is 2.04 bits per heavy atom. The summed E-state index contributed by atoms with van der Waals surface area (Å²) in [5, 5.41) is 6.38. The molecule has 4 N–H and O–H groups in total. The molecule has 134 valence electrons. The number of nitrogens with two attached hydrogens (primary N) is 1. The second-order valence-electron chi connectivity index (χ2n) is 7.01. The quantitative estimate of drug-likeness (QED) is 0.563. The number of hydrogen-bond donors (Lipinski definition) is 3. The first-order valence-electron chi connectivity index (χ1n) is 8.27. The maximum atomic E-state index is 13.0. The summed E-state index contributed by atoms with van der Waals surface area (Å²) in [6.07, 6.45) is 8.65. The van der Waals surface area contributed by atoms with E-state index in [1.807, 2.05) is 6.08 Å². The Morgan fingerprint density at radius 1 is 1.36 bits per heavy atom. The molecule has 1 saturated carbocycles. The Bertz CT molecular complexity index is 819. The van der Waals surface area contributed by atoms with Crippen LogP contribution in [-0.4, -0.2) is 22.4 Å². The van der Waals surface area contributed by atoms with E-state index in [1.54, 1.807) is 20.0 Å². The number of rotatable bonds is 4. The topological polar surface area (TPSA) is 102 Å². The van der Waals surface area contributed by atoms with Gasteiger partial charge >= 0.3 is 0 Å². The molecule has 0 unspecified atom stereocenters. The lowest BCUT2D eigenvalue weighted by atomic mass is 9.97. The summed E-state index contributed by atoms with van der Waals surface area (Å²) in [6, 6.07) is 1.54. The van der Waals surface area contributed by atoms with E-state index < -0.39 is 5.66 Å². The number of aromatic nitrogens is 1. The van der Waals surface area contributed by atoms with Gasteiger partial charge in [-0.25, -0.2) is 4.99 Å². The molecule has 0 spiro atoms. The van der Waals surface area contributed by atoms with Crippen LogP contribution in [0.5, 0.6) is 0 Å². The third-order valence-corrected chi connectivity index (χ3v) is 5.08. The van der Waals surface area contributed by atoms with E-state index in [9.17, 15) is 9.59 Å². The fraction of sp³-hybridized carbons (Fsp3) is 0.471. The third-order valence-electron chi connectivity index (χ3n) is 4.79. The number of pyridine rings is 1. The molecule has 8 heteroatoms. The number of anilines is 1. The Balaban J connectivity index is 2.06. The van der Waals surface area contributed by atoms with Crippen LogP contribution in [0.3, 0.4) is 0 Å². The van der Waals surface area contributed by atoms with Crippen molar-refractivity contribution in [3.63, 3.8) is 0 Å². The summed E-state index contributed by atoms with van der Waals surface area (Å²) in [5.74, 6) is -0.341. The van der Waals surface area contributed by atoms with Gasteiger partial charge in [0, 0.05) is 6.20 Å². The largest absolute Gasteiger partial charge is 0.390 e. The summed E-state index contributed by atoms with van der Waals surface area (Å²) in [5.41, 5.74) is 4.39. The van der Waals surface area contributed by atoms with Crippen molar-refractivity contribution in [2.75, 3.05) is 5.32 Å². The van der Waals surface area contributed by atoms with Crippen LogP contribution in [0.15, 0.2) is 28.1 Å². The van der Waals surface area contributed by atoms with Crippen LogP contribution in [0.4, 0.5) is 5.69 Å². The minimum atomic E-state index is -0.826. The highest BCUT2D eigenvalue weighted by atomic mass is 35.5. The molecular weight excluding hydrogens is 342 g/mol. The lowest BCUT2D eigenvalue weighted by molar-refractivity contribution is 0.0935. The van der Waals surface area contributed by atoms with E-state index in [4.69, 9.17) is 17.3 Å². The van der Waals surface area contributed by atoms with Gasteiger partial charge < -0.3 is 16.4 Å². The van der Waals surface area contributed by atoms with Crippen LogP contribution < -0.4 is 21.9 Å². The predicted octanol–water partition coefficient (Wildman–Crippen LogP) is 2.16. The number of aliphatic imine (C=N–C) groups is 1. The second kappa shape index (κ2) is 6.22. The van der Waals surface area contributed by atoms with Crippen molar-refractivity contribution in [2.24, 2.45) is 10.7 Å². The van der Waals surface area contributed by atoms with E-state index >= 15 is 0 Å². The highest BCUT2D eigenvalue weighted by Gasteiger charge is 2.39. The molecule has 1 amide bonds. The highest BCUT2D eigenvalue weighted by molar-refractivity contribution is 6.34. The number of halogens is 1. The van der Waals surface area contributed by atoms with Gasteiger partial charge in [0.1, 0.15) is 17.0 Å². The van der Waals surface area contributed by atoms with Crippen LogP contribution in [0.1, 0.15) is 50.0 Å². The fourth-order valence-electron chi connectivity index (χ4n) is 3.65. The normalized spacial score (nSPS) is 21.0. The summed E-state index contributed by atoms with van der Waals surface area (Å²) in [4.78, 5) is 29.1. The maximum absolute atomic E-state index is 13.0. The van der Waals surface area contributed by atoms with Crippen molar-refractivity contribution in [3.8, 4) is 0 Å². The molecule has 25 heavy (non-hydrogen) atoms. The molecule has 1 aromatic heterocycles. The summed E-state index contributed by atoms with van der Waals surface area (Å²) in [6.45, 7) is 3.54. The predicted molar refractivity (Wildman–Crippen MR) is 99.1 cm³/mol. The molecule has 2 heterocycles. The summed E-state index contributed by atoms with van der Waals surface area (Å²) < 4.78 is 1.42. The van der Waals surface area contributed by atoms with Gasteiger partial charge in [-0.2, -0.15) is 0 Å². The monoisotopic (exact) mass is 363 g/mol. The molecule has 0 aromatic carbocycles. The molecule has 0 radical (unpaired) electrons. The van der Waals surface area contributed by atoms with Crippen molar-refractivity contribution in [2.45, 2.75) is 50.7 Å². The number of nitrogens with one attached hydrogen (secondary N) is 2. The number of carbonyl (C=O) groups is 1. The molecule has 1 aliphatic carbocycles. The number of nitrogens with zero attached hydrogens (tertiary/aromatic N) is 2. The Hall–Kier alpha value is -2.28. The highest BCUT2D eigenvalue weighted by Crippen LogP contribution is 2.35. The van der Waals surface area contributed by atoms with Crippen molar-refractivity contribution < 1.29 is 4.79 Å². The van der Waals surface area contributed by atoms with Crippen molar-refractivity contribution in [1.82, 2.24) is 9.88 Å². The molecule has 3 rings (SSSR count). The molecule has 7 nitrogen and oxygen atoms in total. The number of amides is 1. The molecule has 1 aliphatic heterocycles. The Labute approximate surface area is 151 Å². The average molecular weight is 364 g/mol. The van der Waals surface area contributed by atoms with Crippen LogP contribution in [0, 0.1) is 0 Å². The molecule has 1 fully saturated rings. The van der Waals surface area contributed by atoms with E-state index in [0.29, 0.717) is 5.69 Å². The van der Waals surface area contributed by atoms with E-state index in [0.717, 1.165) is 25.7 Å². The van der Waals surface area contributed by atoms with Gasteiger partial charge in [-0.05, 0) is 38.8 Å². The van der Waals surface area contributed by atoms with Gasteiger partial charge in [-0.15, -0.1) is 0 Å². The van der Waals surface area contributed by atoms with E-state index in [2.05, 4.69) is 15.6 Å². The van der Waals surface area contributed by atoms with Crippen LogP contribution >= 0.6 is 11.6 Å². The van der Waals surface area contributed by atoms with Crippen molar-refractivity contribution in [1.29, 1.82) is 0 Å². The van der Waals surface area contributed by atoms with Crippen molar-refractivity contribution in [3.05, 3.63) is 39.4 Å². The SMILES string of the molecule is CC1(C)NC(=O)c2c(Cl)cc(NC3(/C=C\N=CN)CCCC3)c(=O)n21. The van der Waals surface area contributed by atoms with Crippen molar-refractivity contribution >= 4 is 29.5 Å². The Kier molecular flexibility index (Phi) is 4.36. The van der Waals surface area contributed by atoms with Gasteiger partial charge in [-0.3, -0.25) is 14.2 Å². The van der Waals surface area contributed by atoms with Gasteiger partial charge in [0.05, 0.1) is 16.9 Å². The fourth-order valence-corrected chi connectivity index (χ4v) is 3.93. The molecule has 0 saturated heterocycles. The zero-order valence-corrected chi connectivity index (χ0v) is 15.1. The minimum Gasteiger partial charge on any atom is -0.390 e. The van der Waals surface area contributed by atoms with Crippen LogP contribution in [0.2, 0.25) is 5.02 Å². The zero-order chi connectivity index (χ0) is 18.2.